The van der Waals surface area contributed by atoms with Gasteiger partial charge in [0.2, 0.25) is 5.91 Å². The average molecular weight is 296 g/mol. The first-order valence-corrected chi connectivity index (χ1v) is 7.04. The van der Waals surface area contributed by atoms with E-state index < -0.39 is 5.69 Å². The highest BCUT2D eigenvalue weighted by molar-refractivity contribution is 7.18. The molecule has 0 aliphatic carbocycles. The standard InChI is InChI=1S/C12H16N4O3S/c1-7-6-8-10(20-7)15-12(19)16(11(8)18)5-2-9(17)14-4-3-13/h6H,2-5,13H2,1H3,(H,14,17)(H,15,19). The van der Waals surface area contributed by atoms with Crippen molar-refractivity contribution in [1.29, 1.82) is 0 Å². The molecule has 0 saturated carbocycles. The van der Waals surface area contributed by atoms with Gasteiger partial charge < -0.3 is 11.1 Å². The van der Waals surface area contributed by atoms with Crippen LogP contribution in [0.15, 0.2) is 15.7 Å². The van der Waals surface area contributed by atoms with E-state index in [2.05, 4.69) is 10.3 Å². The van der Waals surface area contributed by atoms with Gasteiger partial charge in [-0.15, -0.1) is 11.3 Å². The number of rotatable bonds is 5. The summed E-state index contributed by atoms with van der Waals surface area (Å²) in [6.45, 7) is 2.65. The summed E-state index contributed by atoms with van der Waals surface area (Å²) in [5.41, 5.74) is 4.42. The monoisotopic (exact) mass is 296 g/mol. The van der Waals surface area contributed by atoms with Gasteiger partial charge in [0, 0.05) is 30.9 Å². The van der Waals surface area contributed by atoms with Crippen molar-refractivity contribution < 1.29 is 4.79 Å². The Balaban J connectivity index is 2.24. The van der Waals surface area contributed by atoms with Crippen molar-refractivity contribution >= 4 is 27.5 Å². The summed E-state index contributed by atoms with van der Waals surface area (Å²) in [6, 6.07) is 1.74. The molecule has 0 aliphatic rings. The number of nitrogens with zero attached hydrogens (tertiary/aromatic N) is 1. The third-order valence-corrected chi connectivity index (χ3v) is 3.79. The molecule has 0 atom stereocenters. The Morgan fingerprint density at radius 2 is 2.25 bits per heavy atom. The fraction of sp³-hybridized carbons (Fsp3) is 0.417. The largest absolute Gasteiger partial charge is 0.355 e. The molecule has 0 unspecified atom stereocenters. The third kappa shape index (κ3) is 2.97. The summed E-state index contributed by atoms with van der Waals surface area (Å²) in [4.78, 5) is 39.7. The molecule has 1 amide bonds. The van der Waals surface area contributed by atoms with Gasteiger partial charge in [-0.2, -0.15) is 0 Å². The minimum Gasteiger partial charge on any atom is -0.355 e. The van der Waals surface area contributed by atoms with Crippen molar-refractivity contribution in [3.8, 4) is 0 Å². The number of carbonyl (C=O) groups excluding carboxylic acids is 1. The van der Waals surface area contributed by atoms with Crippen LogP contribution in [-0.2, 0) is 11.3 Å². The lowest BCUT2D eigenvalue weighted by Gasteiger charge is -2.05. The van der Waals surface area contributed by atoms with Gasteiger partial charge in [-0.25, -0.2) is 4.79 Å². The SMILES string of the molecule is Cc1cc2c(=O)n(CCC(=O)NCCN)c(=O)[nH]c2s1. The fourth-order valence-electron chi connectivity index (χ4n) is 1.88. The number of nitrogens with two attached hydrogens (primary N) is 1. The van der Waals surface area contributed by atoms with Crippen LogP contribution in [-0.4, -0.2) is 28.5 Å². The van der Waals surface area contributed by atoms with E-state index in [1.54, 1.807) is 6.07 Å². The Kier molecular flexibility index (Phi) is 4.35. The number of carbonyl (C=O) groups is 1. The van der Waals surface area contributed by atoms with E-state index in [0.717, 1.165) is 9.44 Å². The molecular formula is C12H16N4O3S. The van der Waals surface area contributed by atoms with Crippen molar-refractivity contribution in [1.82, 2.24) is 14.9 Å². The third-order valence-electron chi connectivity index (χ3n) is 2.83. The molecular weight excluding hydrogens is 280 g/mol. The van der Waals surface area contributed by atoms with Crippen LogP contribution in [0.1, 0.15) is 11.3 Å². The van der Waals surface area contributed by atoms with Gasteiger partial charge >= 0.3 is 5.69 Å². The van der Waals surface area contributed by atoms with E-state index in [4.69, 9.17) is 5.73 Å². The maximum Gasteiger partial charge on any atom is 0.329 e. The molecule has 0 saturated heterocycles. The average Bonchev–Trinajstić information content (AvgIpc) is 2.76. The van der Waals surface area contributed by atoms with Crippen LogP contribution >= 0.6 is 11.3 Å². The molecule has 0 spiro atoms. The first-order valence-electron chi connectivity index (χ1n) is 6.23. The fourth-order valence-corrected chi connectivity index (χ4v) is 2.78. The van der Waals surface area contributed by atoms with Gasteiger partial charge in [0.1, 0.15) is 4.83 Å². The topological polar surface area (TPSA) is 110 Å². The zero-order chi connectivity index (χ0) is 14.7. The minimum absolute atomic E-state index is 0.0510. The quantitative estimate of drug-likeness (QED) is 0.692. The Morgan fingerprint density at radius 1 is 1.50 bits per heavy atom. The molecule has 0 aromatic carbocycles. The molecule has 2 aromatic heterocycles. The van der Waals surface area contributed by atoms with Crippen LogP contribution < -0.4 is 22.3 Å². The highest BCUT2D eigenvalue weighted by Gasteiger charge is 2.11. The van der Waals surface area contributed by atoms with Gasteiger partial charge in [0.15, 0.2) is 0 Å². The number of amides is 1. The van der Waals surface area contributed by atoms with Crippen LogP contribution in [0.2, 0.25) is 0 Å². The van der Waals surface area contributed by atoms with E-state index in [1.165, 1.54) is 11.3 Å². The normalized spacial score (nSPS) is 10.9. The van der Waals surface area contributed by atoms with Crippen molar-refractivity contribution in [3.63, 3.8) is 0 Å². The zero-order valence-corrected chi connectivity index (χ0v) is 11.9. The first-order chi connectivity index (χ1) is 9.52. The Bertz CT molecular complexity index is 743. The number of hydrogen-bond acceptors (Lipinski definition) is 5. The van der Waals surface area contributed by atoms with Gasteiger partial charge in [0.05, 0.1) is 5.39 Å². The number of aromatic amines is 1. The molecule has 2 rings (SSSR count). The Morgan fingerprint density at radius 3 is 2.95 bits per heavy atom. The predicted octanol–water partition coefficient (Wildman–Crippen LogP) is -0.475. The first kappa shape index (κ1) is 14.5. The second kappa shape index (κ2) is 6.02. The summed E-state index contributed by atoms with van der Waals surface area (Å²) >= 11 is 1.36. The van der Waals surface area contributed by atoms with Gasteiger partial charge in [0.25, 0.3) is 5.56 Å². The molecule has 8 heteroatoms. The molecule has 7 nitrogen and oxygen atoms in total. The van der Waals surface area contributed by atoms with Gasteiger partial charge in [-0.05, 0) is 13.0 Å². The Labute approximate surface area is 118 Å². The number of thiophene rings is 1. The van der Waals surface area contributed by atoms with Crippen molar-refractivity contribution in [2.45, 2.75) is 19.9 Å². The van der Waals surface area contributed by atoms with E-state index in [1.807, 2.05) is 6.92 Å². The summed E-state index contributed by atoms with van der Waals surface area (Å²) < 4.78 is 1.05. The molecule has 0 aliphatic heterocycles. The number of nitrogens with one attached hydrogen (secondary N) is 2. The van der Waals surface area contributed by atoms with E-state index in [9.17, 15) is 14.4 Å². The van der Waals surface area contributed by atoms with Crippen molar-refractivity contribution in [2.75, 3.05) is 13.1 Å². The molecule has 2 heterocycles. The lowest BCUT2D eigenvalue weighted by atomic mass is 10.3. The second-order valence-electron chi connectivity index (χ2n) is 4.38. The Hall–Kier alpha value is -1.93. The highest BCUT2D eigenvalue weighted by atomic mass is 32.1. The smallest absolute Gasteiger partial charge is 0.329 e. The number of aryl methyl sites for hydroxylation is 1. The lowest BCUT2D eigenvalue weighted by Crippen LogP contribution is -2.37. The molecule has 4 N–H and O–H groups in total. The van der Waals surface area contributed by atoms with Crippen LogP contribution in [0.4, 0.5) is 0 Å². The second-order valence-corrected chi connectivity index (χ2v) is 5.63. The van der Waals surface area contributed by atoms with Crippen LogP contribution in [0.3, 0.4) is 0 Å². The van der Waals surface area contributed by atoms with Gasteiger partial charge in [-0.3, -0.25) is 19.1 Å². The van der Waals surface area contributed by atoms with Crippen molar-refractivity contribution in [3.05, 3.63) is 31.8 Å². The number of hydrogen-bond donors (Lipinski definition) is 3. The van der Waals surface area contributed by atoms with Gasteiger partial charge in [-0.1, -0.05) is 0 Å². The minimum atomic E-state index is -0.490. The van der Waals surface area contributed by atoms with E-state index in [0.29, 0.717) is 23.3 Å². The predicted molar refractivity (Wildman–Crippen MR) is 78.1 cm³/mol. The maximum absolute atomic E-state index is 12.2. The molecule has 108 valence electrons. The summed E-state index contributed by atoms with van der Waals surface area (Å²) in [6.07, 6.45) is 0.0671. The number of fused-ring (bicyclic) bond motifs is 1. The summed E-state index contributed by atoms with van der Waals surface area (Å²) in [5, 5.41) is 3.07. The summed E-state index contributed by atoms with van der Waals surface area (Å²) in [7, 11) is 0. The molecule has 20 heavy (non-hydrogen) atoms. The van der Waals surface area contributed by atoms with Crippen molar-refractivity contribution in [2.24, 2.45) is 5.73 Å². The zero-order valence-electron chi connectivity index (χ0n) is 11.1. The lowest BCUT2D eigenvalue weighted by molar-refractivity contribution is -0.121. The number of H-pyrrole nitrogens is 1. The molecule has 0 bridgehead atoms. The molecule has 0 fully saturated rings. The van der Waals surface area contributed by atoms with Crippen LogP contribution in [0, 0.1) is 6.92 Å². The molecule has 2 aromatic rings. The molecule has 0 radical (unpaired) electrons. The maximum atomic E-state index is 12.2. The van der Waals surface area contributed by atoms with Crippen LogP contribution in [0.5, 0.6) is 0 Å². The highest BCUT2D eigenvalue weighted by Crippen LogP contribution is 2.18. The van der Waals surface area contributed by atoms with E-state index >= 15 is 0 Å². The van der Waals surface area contributed by atoms with E-state index in [-0.39, 0.29) is 24.4 Å². The van der Waals surface area contributed by atoms with Crippen LogP contribution in [0.25, 0.3) is 10.2 Å². The number of aromatic nitrogens is 2. The summed E-state index contributed by atoms with van der Waals surface area (Å²) in [5.74, 6) is -0.233.